The Morgan fingerprint density at radius 2 is 1.60 bits per heavy atom. The van der Waals surface area contributed by atoms with E-state index in [0.29, 0.717) is 6.42 Å². The highest BCUT2D eigenvalue weighted by atomic mass is 16.1. The molecular weight excluding hydrogens is 126 g/mol. The summed E-state index contributed by atoms with van der Waals surface area (Å²) in [7, 11) is 0. The van der Waals surface area contributed by atoms with E-state index < -0.39 is 0 Å². The van der Waals surface area contributed by atoms with Crippen LogP contribution in [-0.2, 0) is 4.79 Å². The lowest BCUT2D eigenvalue weighted by atomic mass is 10.4. The van der Waals surface area contributed by atoms with Crippen LogP contribution < -0.4 is 5.32 Å². The zero-order valence-electron chi connectivity index (χ0n) is 7.53. The van der Waals surface area contributed by atoms with Crippen LogP contribution in [0.1, 0.15) is 40.5 Å². The number of nitrogens with one attached hydrogen (secondary N) is 1. The summed E-state index contributed by atoms with van der Waals surface area (Å²) < 4.78 is 0. The van der Waals surface area contributed by atoms with Crippen molar-refractivity contribution in [3.63, 3.8) is 0 Å². The Labute approximate surface area is 64.0 Å². The van der Waals surface area contributed by atoms with E-state index in [1.807, 2.05) is 13.8 Å². The number of hydrogen-bond acceptors (Lipinski definition) is 1. The van der Waals surface area contributed by atoms with E-state index in [1.165, 1.54) is 6.42 Å². The lowest BCUT2D eigenvalue weighted by Crippen LogP contribution is -2.20. The first-order valence-corrected chi connectivity index (χ1v) is 3.99. The molecule has 0 aliphatic heterocycles. The highest BCUT2D eigenvalue weighted by Crippen LogP contribution is 1.70. The monoisotopic (exact) mass is 145 g/mol. The highest BCUT2D eigenvalue weighted by molar-refractivity contribution is 5.75. The highest BCUT2D eigenvalue weighted by Gasteiger charge is 1.88. The summed E-state index contributed by atoms with van der Waals surface area (Å²) in [4.78, 5) is 10.3. The van der Waals surface area contributed by atoms with E-state index in [9.17, 15) is 4.79 Å². The minimum atomic E-state index is 0.127. The van der Waals surface area contributed by atoms with E-state index in [2.05, 4.69) is 19.2 Å². The second kappa shape index (κ2) is 11.3. The van der Waals surface area contributed by atoms with Crippen molar-refractivity contribution >= 4 is 5.91 Å². The smallest absolute Gasteiger partial charge is 0.219 e. The zero-order chi connectivity index (χ0) is 8.41. The van der Waals surface area contributed by atoms with Gasteiger partial charge in [-0.1, -0.05) is 27.2 Å². The fraction of sp³-hybridized carbons (Fsp3) is 0.875. The Balaban J connectivity index is 0. The molecule has 0 aromatic carbocycles. The van der Waals surface area contributed by atoms with Crippen molar-refractivity contribution in [1.29, 1.82) is 0 Å². The van der Waals surface area contributed by atoms with Crippen LogP contribution in [-0.4, -0.2) is 12.5 Å². The molecule has 0 aliphatic rings. The first-order valence-electron chi connectivity index (χ1n) is 3.99. The molecule has 0 fully saturated rings. The second-order valence-corrected chi connectivity index (χ2v) is 2.01. The van der Waals surface area contributed by atoms with E-state index >= 15 is 0 Å². The number of hydrogen-bond donors (Lipinski definition) is 1. The van der Waals surface area contributed by atoms with Crippen molar-refractivity contribution in [3.8, 4) is 0 Å². The van der Waals surface area contributed by atoms with Crippen LogP contribution in [0.3, 0.4) is 0 Å². The minimum Gasteiger partial charge on any atom is -0.356 e. The third-order valence-electron chi connectivity index (χ3n) is 0.695. The SMILES string of the molecule is CCC.CCNC(=O)CC. The molecule has 0 bridgehead atoms. The predicted molar refractivity (Wildman–Crippen MR) is 44.9 cm³/mol. The largest absolute Gasteiger partial charge is 0.356 e. The fourth-order valence-corrected chi connectivity index (χ4v) is 0.322. The van der Waals surface area contributed by atoms with Crippen molar-refractivity contribution in [1.82, 2.24) is 5.32 Å². The van der Waals surface area contributed by atoms with Gasteiger partial charge in [0.15, 0.2) is 0 Å². The average Bonchev–Trinajstić information content (AvgIpc) is 1.90. The van der Waals surface area contributed by atoms with Gasteiger partial charge in [0.2, 0.25) is 5.91 Å². The van der Waals surface area contributed by atoms with Crippen molar-refractivity contribution in [3.05, 3.63) is 0 Å². The van der Waals surface area contributed by atoms with Gasteiger partial charge in [0, 0.05) is 13.0 Å². The number of carbonyl (C=O) groups excluding carboxylic acids is 1. The summed E-state index contributed by atoms with van der Waals surface area (Å²) in [5.41, 5.74) is 0. The number of rotatable bonds is 2. The molecule has 0 aliphatic carbocycles. The molecule has 0 radical (unpaired) electrons. The van der Waals surface area contributed by atoms with Gasteiger partial charge >= 0.3 is 0 Å². The van der Waals surface area contributed by atoms with E-state index in [-0.39, 0.29) is 5.91 Å². The molecule has 0 rings (SSSR count). The normalized spacial score (nSPS) is 7.60. The summed E-state index contributed by atoms with van der Waals surface area (Å²) in [6.07, 6.45) is 1.84. The molecule has 0 aromatic heterocycles. The Kier molecular flexibility index (Phi) is 13.7. The third-order valence-corrected chi connectivity index (χ3v) is 0.695. The molecule has 2 nitrogen and oxygen atoms in total. The van der Waals surface area contributed by atoms with Crippen molar-refractivity contribution in [2.24, 2.45) is 0 Å². The summed E-state index contributed by atoms with van der Waals surface area (Å²) in [6.45, 7) is 8.74. The predicted octanol–water partition coefficient (Wildman–Crippen LogP) is 1.95. The molecule has 1 amide bonds. The molecule has 0 heterocycles. The van der Waals surface area contributed by atoms with Gasteiger partial charge in [0.25, 0.3) is 0 Å². The maximum atomic E-state index is 10.3. The van der Waals surface area contributed by atoms with Gasteiger partial charge in [0.05, 0.1) is 0 Å². The van der Waals surface area contributed by atoms with Crippen LogP contribution in [0.2, 0.25) is 0 Å². The third kappa shape index (κ3) is 15.6. The van der Waals surface area contributed by atoms with Crippen LogP contribution in [0.4, 0.5) is 0 Å². The zero-order valence-corrected chi connectivity index (χ0v) is 7.53. The maximum absolute atomic E-state index is 10.3. The standard InChI is InChI=1S/C5H11NO.C3H8/c1-3-5(7)6-4-2;1-3-2/h3-4H2,1-2H3,(H,6,7);3H2,1-2H3. The minimum absolute atomic E-state index is 0.127. The number of amides is 1. The summed E-state index contributed by atoms with van der Waals surface area (Å²) in [6, 6.07) is 0. The molecule has 0 unspecified atom stereocenters. The van der Waals surface area contributed by atoms with Gasteiger partial charge in [-0.05, 0) is 6.92 Å². The summed E-state index contributed by atoms with van der Waals surface area (Å²) >= 11 is 0. The summed E-state index contributed by atoms with van der Waals surface area (Å²) in [5.74, 6) is 0.127. The van der Waals surface area contributed by atoms with Crippen LogP contribution >= 0.6 is 0 Å². The molecule has 62 valence electrons. The maximum Gasteiger partial charge on any atom is 0.219 e. The Morgan fingerprint density at radius 3 is 1.70 bits per heavy atom. The van der Waals surface area contributed by atoms with Gasteiger partial charge in [-0.15, -0.1) is 0 Å². The Bertz CT molecular complexity index is 71.7. The van der Waals surface area contributed by atoms with Gasteiger partial charge < -0.3 is 5.32 Å². The van der Waals surface area contributed by atoms with Crippen LogP contribution in [0.5, 0.6) is 0 Å². The van der Waals surface area contributed by atoms with Crippen molar-refractivity contribution in [2.45, 2.75) is 40.5 Å². The number of carbonyl (C=O) groups is 1. The molecule has 10 heavy (non-hydrogen) atoms. The molecule has 0 spiro atoms. The topological polar surface area (TPSA) is 29.1 Å². The van der Waals surface area contributed by atoms with Gasteiger partial charge in [0.1, 0.15) is 0 Å². The van der Waals surface area contributed by atoms with E-state index in [1.54, 1.807) is 0 Å². The fourth-order valence-electron chi connectivity index (χ4n) is 0.322. The van der Waals surface area contributed by atoms with Crippen molar-refractivity contribution < 1.29 is 4.79 Å². The second-order valence-electron chi connectivity index (χ2n) is 2.01. The quantitative estimate of drug-likeness (QED) is 0.632. The first kappa shape index (κ1) is 12.2. The van der Waals surface area contributed by atoms with E-state index in [4.69, 9.17) is 0 Å². The van der Waals surface area contributed by atoms with E-state index in [0.717, 1.165) is 6.54 Å². The molecule has 0 aromatic rings. The van der Waals surface area contributed by atoms with Crippen LogP contribution in [0, 0.1) is 0 Å². The van der Waals surface area contributed by atoms with Gasteiger partial charge in [-0.3, -0.25) is 4.79 Å². The van der Waals surface area contributed by atoms with Crippen LogP contribution in [0.15, 0.2) is 0 Å². The molecule has 0 atom stereocenters. The van der Waals surface area contributed by atoms with Crippen molar-refractivity contribution in [2.75, 3.05) is 6.54 Å². The lowest BCUT2D eigenvalue weighted by molar-refractivity contribution is -0.120. The summed E-state index contributed by atoms with van der Waals surface area (Å²) in [5, 5.41) is 2.66. The Morgan fingerprint density at radius 1 is 1.20 bits per heavy atom. The van der Waals surface area contributed by atoms with Gasteiger partial charge in [-0.2, -0.15) is 0 Å². The Hall–Kier alpha value is -0.530. The molecule has 1 N–H and O–H groups in total. The average molecular weight is 145 g/mol. The molecule has 2 heteroatoms. The molecule has 0 saturated carbocycles. The first-order chi connectivity index (χ1) is 4.72. The molecule has 0 saturated heterocycles. The van der Waals surface area contributed by atoms with Gasteiger partial charge in [-0.25, -0.2) is 0 Å². The molecular formula is C8H19NO. The van der Waals surface area contributed by atoms with Crippen LogP contribution in [0.25, 0.3) is 0 Å². The lowest BCUT2D eigenvalue weighted by Gasteiger charge is -1.93.